The van der Waals surface area contributed by atoms with Crippen LogP contribution in [0.1, 0.15) is 16.0 Å². The molecule has 0 radical (unpaired) electrons. The van der Waals surface area contributed by atoms with Gasteiger partial charge in [0.15, 0.2) is 0 Å². The van der Waals surface area contributed by atoms with E-state index in [9.17, 15) is 4.79 Å². The number of hydrogen-bond donors (Lipinski definition) is 0. The molecule has 1 unspecified atom stereocenters. The Morgan fingerprint density at radius 3 is 2.42 bits per heavy atom. The van der Waals surface area contributed by atoms with E-state index < -0.39 is 0 Å². The normalized spacial score (nSPS) is 11.7. The molecule has 1 aromatic rings. The molecule has 0 N–H and O–H groups in total. The number of benzene rings is 1. The summed E-state index contributed by atoms with van der Waals surface area (Å²) in [6, 6.07) is 8.90. The van der Waals surface area contributed by atoms with Crippen LogP contribution in [0, 0.1) is 11.3 Å². The predicted octanol–water partition coefficient (Wildman–Crippen LogP) is 2.19. The highest BCUT2D eigenvalue weighted by molar-refractivity contribution is 9.09. The number of carbonyl (C=O) groups is 1. The maximum atomic E-state index is 10.3. The lowest BCUT2D eigenvalue weighted by atomic mass is 10.1. The van der Waals surface area contributed by atoms with Crippen LogP contribution in [-0.2, 0) is 4.79 Å². The third-order valence-electron chi connectivity index (χ3n) is 1.48. The molecule has 1 atom stereocenters. The first-order valence-corrected chi connectivity index (χ1v) is 4.29. The Bertz CT molecular complexity index is 312. The second-order valence-electron chi connectivity index (χ2n) is 2.27. The van der Waals surface area contributed by atoms with E-state index in [1.54, 1.807) is 24.3 Å². The average Bonchev–Trinajstić information content (AvgIpc) is 2.17. The summed E-state index contributed by atoms with van der Waals surface area (Å²) in [7, 11) is 0. The lowest BCUT2D eigenvalue weighted by Gasteiger charge is -2.00. The van der Waals surface area contributed by atoms with Gasteiger partial charge in [0.1, 0.15) is 6.29 Å². The number of carbonyl (C=O) groups excluding carboxylic acids is 1. The van der Waals surface area contributed by atoms with Gasteiger partial charge in [0, 0.05) is 0 Å². The van der Waals surface area contributed by atoms with Crippen LogP contribution in [0.25, 0.3) is 0 Å². The van der Waals surface area contributed by atoms with Gasteiger partial charge >= 0.3 is 0 Å². The second kappa shape index (κ2) is 4.03. The summed E-state index contributed by atoms with van der Waals surface area (Å²) in [5.74, 6) is 0. The molecule has 0 aliphatic rings. The van der Waals surface area contributed by atoms with Crippen molar-refractivity contribution in [3.63, 3.8) is 0 Å². The molecule has 12 heavy (non-hydrogen) atoms. The first-order chi connectivity index (χ1) is 5.77. The maximum Gasteiger partial charge on any atom is 0.138 e. The van der Waals surface area contributed by atoms with Gasteiger partial charge in [-0.25, -0.2) is 0 Å². The molecule has 2 nitrogen and oxygen atoms in total. The highest BCUT2D eigenvalue weighted by Gasteiger charge is 2.03. The molecule has 0 spiro atoms. The number of hydrogen-bond acceptors (Lipinski definition) is 2. The van der Waals surface area contributed by atoms with E-state index in [4.69, 9.17) is 5.26 Å². The quantitative estimate of drug-likeness (QED) is 0.570. The predicted molar refractivity (Wildman–Crippen MR) is 48.9 cm³/mol. The van der Waals surface area contributed by atoms with Crippen molar-refractivity contribution in [1.29, 1.82) is 5.26 Å². The standard InChI is InChI=1S/C9H6BrNO/c10-9(6-12)8-3-1-7(5-11)2-4-8/h1-4,6,9H. The minimum Gasteiger partial charge on any atom is -0.302 e. The highest BCUT2D eigenvalue weighted by atomic mass is 79.9. The lowest BCUT2D eigenvalue weighted by molar-refractivity contribution is -0.107. The van der Waals surface area contributed by atoms with Crippen LogP contribution in [-0.4, -0.2) is 6.29 Å². The summed E-state index contributed by atoms with van der Waals surface area (Å²) < 4.78 is 0. The minimum absolute atomic E-state index is 0.273. The van der Waals surface area contributed by atoms with Crippen molar-refractivity contribution in [2.75, 3.05) is 0 Å². The van der Waals surface area contributed by atoms with E-state index in [0.717, 1.165) is 11.8 Å². The maximum absolute atomic E-state index is 10.3. The molecular formula is C9H6BrNO. The molecule has 0 aliphatic heterocycles. The first-order valence-electron chi connectivity index (χ1n) is 3.37. The van der Waals surface area contributed by atoms with E-state index in [0.29, 0.717) is 5.56 Å². The smallest absolute Gasteiger partial charge is 0.138 e. The molecule has 0 aromatic heterocycles. The number of aldehydes is 1. The van der Waals surface area contributed by atoms with E-state index >= 15 is 0 Å². The molecule has 1 aromatic carbocycles. The van der Waals surface area contributed by atoms with Crippen LogP contribution >= 0.6 is 15.9 Å². The van der Waals surface area contributed by atoms with Crippen LogP contribution in [0.2, 0.25) is 0 Å². The van der Waals surface area contributed by atoms with Gasteiger partial charge in [-0.05, 0) is 17.7 Å². The van der Waals surface area contributed by atoms with Gasteiger partial charge < -0.3 is 4.79 Å². The number of nitriles is 1. The number of nitrogens with zero attached hydrogens (tertiary/aromatic N) is 1. The van der Waals surface area contributed by atoms with Gasteiger partial charge in [-0.2, -0.15) is 5.26 Å². The van der Waals surface area contributed by atoms with Crippen molar-refractivity contribution < 1.29 is 4.79 Å². The van der Waals surface area contributed by atoms with Gasteiger partial charge in [0.05, 0.1) is 16.5 Å². The van der Waals surface area contributed by atoms with Crippen molar-refractivity contribution in [2.24, 2.45) is 0 Å². The molecule has 0 saturated carbocycles. The first kappa shape index (κ1) is 8.95. The van der Waals surface area contributed by atoms with Gasteiger partial charge in [-0.3, -0.25) is 0 Å². The summed E-state index contributed by atoms with van der Waals surface area (Å²) in [6.07, 6.45) is 0.807. The van der Waals surface area contributed by atoms with Gasteiger partial charge in [0.25, 0.3) is 0 Å². The molecule has 0 heterocycles. The van der Waals surface area contributed by atoms with Crippen LogP contribution in [0.4, 0.5) is 0 Å². The van der Waals surface area contributed by atoms with Crippen molar-refractivity contribution in [3.8, 4) is 6.07 Å². The van der Waals surface area contributed by atoms with Gasteiger partial charge in [0.2, 0.25) is 0 Å². The van der Waals surface area contributed by atoms with E-state index in [2.05, 4.69) is 15.9 Å². The zero-order valence-corrected chi connectivity index (χ0v) is 7.78. The number of halogens is 1. The van der Waals surface area contributed by atoms with Crippen LogP contribution in [0.15, 0.2) is 24.3 Å². The van der Waals surface area contributed by atoms with Gasteiger partial charge in [-0.15, -0.1) is 0 Å². The largest absolute Gasteiger partial charge is 0.302 e. The average molecular weight is 224 g/mol. The molecule has 1 rings (SSSR count). The van der Waals surface area contributed by atoms with E-state index in [1.165, 1.54) is 0 Å². The van der Waals surface area contributed by atoms with Crippen LogP contribution in [0.3, 0.4) is 0 Å². The van der Waals surface area contributed by atoms with Crippen molar-refractivity contribution >= 4 is 22.2 Å². The Labute approximate surface area is 78.9 Å². The topological polar surface area (TPSA) is 40.9 Å². The number of rotatable bonds is 2. The molecule has 0 amide bonds. The monoisotopic (exact) mass is 223 g/mol. The third kappa shape index (κ3) is 1.93. The van der Waals surface area contributed by atoms with Crippen molar-refractivity contribution in [1.82, 2.24) is 0 Å². The summed E-state index contributed by atoms with van der Waals surface area (Å²) >= 11 is 3.18. The summed E-state index contributed by atoms with van der Waals surface area (Å²) in [4.78, 5) is 10.1. The Kier molecular flexibility index (Phi) is 3.01. The van der Waals surface area contributed by atoms with Crippen LogP contribution in [0.5, 0.6) is 0 Å². The summed E-state index contributed by atoms with van der Waals surface area (Å²) in [5, 5.41) is 8.49. The molecule has 60 valence electrons. The molecule has 0 aliphatic carbocycles. The van der Waals surface area contributed by atoms with Crippen molar-refractivity contribution in [2.45, 2.75) is 4.83 Å². The molecule has 0 bridgehead atoms. The summed E-state index contributed by atoms with van der Waals surface area (Å²) in [5.41, 5.74) is 1.47. The third-order valence-corrected chi connectivity index (χ3v) is 2.22. The summed E-state index contributed by atoms with van der Waals surface area (Å²) in [6.45, 7) is 0. The second-order valence-corrected chi connectivity index (χ2v) is 3.26. The Balaban J connectivity index is 2.93. The molecule has 3 heteroatoms. The number of alkyl halides is 1. The Morgan fingerprint density at radius 2 is 2.00 bits per heavy atom. The zero-order valence-electron chi connectivity index (χ0n) is 6.20. The van der Waals surface area contributed by atoms with Gasteiger partial charge in [-0.1, -0.05) is 28.1 Å². The fraction of sp³-hybridized carbons (Fsp3) is 0.111. The lowest BCUT2D eigenvalue weighted by Crippen LogP contribution is -1.89. The Hall–Kier alpha value is -1.14. The fourth-order valence-electron chi connectivity index (χ4n) is 0.820. The van der Waals surface area contributed by atoms with Crippen molar-refractivity contribution in [3.05, 3.63) is 35.4 Å². The minimum atomic E-state index is -0.273. The SMILES string of the molecule is N#Cc1ccc(C(Br)C=O)cc1. The van der Waals surface area contributed by atoms with E-state index in [1.807, 2.05) is 6.07 Å². The molecule has 0 saturated heterocycles. The Morgan fingerprint density at radius 1 is 1.42 bits per heavy atom. The molecular weight excluding hydrogens is 218 g/mol. The zero-order chi connectivity index (χ0) is 8.97. The molecule has 0 fully saturated rings. The fourth-order valence-corrected chi connectivity index (χ4v) is 1.13. The van der Waals surface area contributed by atoms with Crippen LogP contribution < -0.4 is 0 Å². The highest BCUT2D eigenvalue weighted by Crippen LogP contribution is 2.19. The van der Waals surface area contributed by atoms with E-state index in [-0.39, 0.29) is 4.83 Å².